The summed E-state index contributed by atoms with van der Waals surface area (Å²) in [6, 6.07) is 6.42. The Bertz CT molecular complexity index is 428. The number of anilines is 1. The van der Waals surface area contributed by atoms with Gasteiger partial charge >= 0.3 is 5.51 Å². The van der Waals surface area contributed by atoms with Gasteiger partial charge in [-0.1, -0.05) is 0 Å². The minimum absolute atomic E-state index is 0.0994. The number of aliphatic hydroxyl groups is 1. The van der Waals surface area contributed by atoms with E-state index in [1.165, 1.54) is 12.1 Å². The highest BCUT2D eigenvalue weighted by Crippen LogP contribution is 2.37. The number of rotatable bonds is 3. The zero-order chi connectivity index (χ0) is 14.8. The summed E-state index contributed by atoms with van der Waals surface area (Å²) in [6.45, 7) is 4.75. The van der Waals surface area contributed by atoms with E-state index in [4.69, 9.17) is 0 Å². The van der Waals surface area contributed by atoms with Crippen LogP contribution in [0.1, 0.15) is 6.92 Å². The van der Waals surface area contributed by atoms with Crippen molar-refractivity contribution in [1.29, 1.82) is 0 Å². The lowest BCUT2D eigenvalue weighted by Gasteiger charge is -2.37. The van der Waals surface area contributed by atoms with Crippen LogP contribution in [0.4, 0.5) is 18.9 Å². The minimum Gasteiger partial charge on any atom is -0.379 e. The maximum absolute atomic E-state index is 12.2. The van der Waals surface area contributed by atoms with Crippen molar-refractivity contribution >= 4 is 17.4 Å². The minimum atomic E-state index is -4.25. The molecule has 0 aliphatic carbocycles. The van der Waals surface area contributed by atoms with Crippen LogP contribution in [0, 0.1) is 0 Å². The molecule has 1 unspecified atom stereocenters. The van der Waals surface area contributed by atoms with Gasteiger partial charge in [0.25, 0.3) is 0 Å². The van der Waals surface area contributed by atoms with Gasteiger partial charge in [0, 0.05) is 36.8 Å². The van der Waals surface area contributed by atoms with Gasteiger partial charge in [-0.2, -0.15) is 13.2 Å². The third-order valence-corrected chi connectivity index (χ3v) is 4.02. The van der Waals surface area contributed by atoms with E-state index in [1.807, 2.05) is 4.90 Å². The molecular weight excluding hydrogens is 289 g/mol. The normalized spacial score (nSPS) is 19.1. The number of piperazine rings is 1. The Kier molecular flexibility index (Phi) is 4.82. The molecule has 1 atom stereocenters. The third kappa shape index (κ3) is 4.29. The van der Waals surface area contributed by atoms with E-state index in [1.54, 1.807) is 19.1 Å². The number of alkyl halides is 3. The maximum atomic E-state index is 12.2. The van der Waals surface area contributed by atoms with Gasteiger partial charge in [-0.25, -0.2) is 0 Å². The number of hydrogen-bond acceptors (Lipinski definition) is 4. The van der Waals surface area contributed by atoms with E-state index in [-0.39, 0.29) is 16.7 Å². The number of hydrogen-bond donors (Lipinski definition) is 1. The van der Waals surface area contributed by atoms with Crippen LogP contribution in [0.25, 0.3) is 0 Å². The molecular formula is C13H17F3N2OS. The Labute approximate surface area is 120 Å². The van der Waals surface area contributed by atoms with Gasteiger partial charge in [0.2, 0.25) is 0 Å². The average Bonchev–Trinajstić information content (AvgIpc) is 2.38. The lowest BCUT2D eigenvalue weighted by Crippen LogP contribution is -2.49. The van der Waals surface area contributed by atoms with Crippen molar-refractivity contribution in [2.24, 2.45) is 0 Å². The molecule has 2 rings (SSSR count). The van der Waals surface area contributed by atoms with Crippen molar-refractivity contribution in [2.75, 3.05) is 31.1 Å². The Hall–Kier alpha value is -0.920. The van der Waals surface area contributed by atoms with Crippen LogP contribution in [0.5, 0.6) is 0 Å². The molecule has 1 aromatic carbocycles. The van der Waals surface area contributed by atoms with Crippen molar-refractivity contribution in [3.8, 4) is 0 Å². The Morgan fingerprint density at radius 3 is 2.10 bits per heavy atom. The molecule has 1 aliphatic heterocycles. The fraction of sp³-hybridized carbons (Fsp3) is 0.538. The summed E-state index contributed by atoms with van der Waals surface area (Å²) in [4.78, 5) is 4.27. The molecule has 0 bridgehead atoms. The molecule has 0 aromatic heterocycles. The van der Waals surface area contributed by atoms with E-state index in [2.05, 4.69) is 4.90 Å². The van der Waals surface area contributed by atoms with Crippen LogP contribution < -0.4 is 4.90 Å². The molecule has 0 radical (unpaired) electrons. The topological polar surface area (TPSA) is 26.7 Å². The van der Waals surface area contributed by atoms with Gasteiger partial charge in [-0.3, -0.25) is 4.90 Å². The second kappa shape index (κ2) is 6.24. The van der Waals surface area contributed by atoms with Gasteiger partial charge in [0.1, 0.15) is 6.23 Å². The first-order chi connectivity index (χ1) is 9.35. The summed E-state index contributed by atoms with van der Waals surface area (Å²) < 4.78 is 36.7. The Morgan fingerprint density at radius 2 is 1.65 bits per heavy atom. The molecule has 1 aliphatic rings. The van der Waals surface area contributed by atoms with Gasteiger partial charge in [-0.15, -0.1) is 0 Å². The largest absolute Gasteiger partial charge is 0.446 e. The van der Waals surface area contributed by atoms with Crippen LogP contribution >= 0.6 is 11.8 Å². The van der Waals surface area contributed by atoms with Crippen molar-refractivity contribution in [3.05, 3.63) is 24.3 Å². The first-order valence-corrected chi connectivity index (χ1v) is 7.20. The second-order valence-corrected chi connectivity index (χ2v) is 5.84. The standard InChI is InChI=1S/C13H17F3N2OS/c1-10(19)17-6-8-18(9-7-17)11-2-4-12(5-3-11)20-13(14,15)16/h2-5,10,19H,6-9H2,1H3. The molecule has 0 amide bonds. The lowest BCUT2D eigenvalue weighted by molar-refractivity contribution is -0.0328. The molecule has 0 saturated carbocycles. The van der Waals surface area contributed by atoms with Crippen LogP contribution in [-0.4, -0.2) is 47.9 Å². The highest BCUT2D eigenvalue weighted by Gasteiger charge is 2.29. The van der Waals surface area contributed by atoms with Crippen LogP contribution in [0.3, 0.4) is 0 Å². The van der Waals surface area contributed by atoms with E-state index in [0.29, 0.717) is 0 Å². The molecule has 1 N–H and O–H groups in total. The van der Waals surface area contributed by atoms with Crippen molar-refractivity contribution in [1.82, 2.24) is 4.90 Å². The number of nitrogens with zero attached hydrogens (tertiary/aromatic N) is 2. The average molecular weight is 306 g/mol. The lowest BCUT2D eigenvalue weighted by atomic mass is 10.2. The Morgan fingerprint density at radius 1 is 1.10 bits per heavy atom. The summed E-state index contributed by atoms with van der Waals surface area (Å²) in [7, 11) is 0. The van der Waals surface area contributed by atoms with Crippen molar-refractivity contribution in [3.63, 3.8) is 0 Å². The second-order valence-electron chi connectivity index (χ2n) is 4.70. The number of benzene rings is 1. The Balaban J connectivity index is 1.94. The van der Waals surface area contributed by atoms with Gasteiger partial charge in [-0.05, 0) is 43.0 Å². The molecule has 3 nitrogen and oxygen atoms in total. The zero-order valence-electron chi connectivity index (χ0n) is 11.1. The summed E-state index contributed by atoms with van der Waals surface area (Å²) in [6.07, 6.45) is -0.456. The predicted molar refractivity (Wildman–Crippen MR) is 73.8 cm³/mol. The maximum Gasteiger partial charge on any atom is 0.446 e. The van der Waals surface area contributed by atoms with E-state index in [0.717, 1.165) is 31.9 Å². The van der Waals surface area contributed by atoms with Crippen LogP contribution in [0.15, 0.2) is 29.2 Å². The molecule has 0 spiro atoms. The van der Waals surface area contributed by atoms with Gasteiger partial charge < -0.3 is 10.0 Å². The fourth-order valence-electron chi connectivity index (χ4n) is 2.21. The van der Waals surface area contributed by atoms with Gasteiger partial charge in [0.05, 0.1) is 0 Å². The highest BCUT2D eigenvalue weighted by molar-refractivity contribution is 8.00. The molecule has 1 saturated heterocycles. The summed E-state index contributed by atoms with van der Waals surface area (Å²) in [5, 5.41) is 9.48. The van der Waals surface area contributed by atoms with Crippen molar-refractivity contribution in [2.45, 2.75) is 23.6 Å². The molecule has 1 heterocycles. The van der Waals surface area contributed by atoms with Gasteiger partial charge in [0.15, 0.2) is 0 Å². The van der Waals surface area contributed by atoms with E-state index >= 15 is 0 Å². The summed E-state index contributed by atoms with van der Waals surface area (Å²) >= 11 is -0.0994. The summed E-state index contributed by atoms with van der Waals surface area (Å²) in [5.74, 6) is 0. The fourth-order valence-corrected chi connectivity index (χ4v) is 2.75. The smallest absolute Gasteiger partial charge is 0.379 e. The van der Waals surface area contributed by atoms with Crippen molar-refractivity contribution < 1.29 is 18.3 Å². The highest BCUT2D eigenvalue weighted by atomic mass is 32.2. The van der Waals surface area contributed by atoms with E-state index in [9.17, 15) is 18.3 Å². The first kappa shape index (κ1) is 15.5. The SMILES string of the molecule is CC(O)N1CCN(c2ccc(SC(F)(F)F)cc2)CC1. The molecule has 112 valence electrons. The zero-order valence-corrected chi connectivity index (χ0v) is 11.9. The predicted octanol–water partition coefficient (Wildman–Crippen LogP) is 2.76. The molecule has 1 aromatic rings. The monoisotopic (exact) mass is 306 g/mol. The third-order valence-electron chi connectivity index (χ3n) is 3.28. The van der Waals surface area contributed by atoms with Crippen LogP contribution in [-0.2, 0) is 0 Å². The summed E-state index contributed by atoms with van der Waals surface area (Å²) in [5.41, 5.74) is -3.33. The molecule has 1 fully saturated rings. The van der Waals surface area contributed by atoms with Crippen LogP contribution in [0.2, 0.25) is 0 Å². The number of thioether (sulfide) groups is 1. The quantitative estimate of drug-likeness (QED) is 0.869. The molecule has 20 heavy (non-hydrogen) atoms. The van der Waals surface area contributed by atoms with E-state index < -0.39 is 11.7 Å². The number of aliphatic hydroxyl groups excluding tert-OH is 1. The molecule has 7 heteroatoms. The number of halogens is 3. The first-order valence-electron chi connectivity index (χ1n) is 6.38.